The fraction of sp³-hybridized carbons (Fsp3) is 0.250. The van der Waals surface area contributed by atoms with Crippen molar-refractivity contribution in [3.8, 4) is 11.7 Å². The Balaban J connectivity index is 1.68. The van der Waals surface area contributed by atoms with Crippen LogP contribution in [0.25, 0.3) is 17.7 Å². The van der Waals surface area contributed by atoms with Crippen molar-refractivity contribution < 1.29 is 13.6 Å². The van der Waals surface area contributed by atoms with Crippen LogP contribution in [-0.4, -0.2) is 32.5 Å². The van der Waals surface area contributed by atoms with E-state index in [1.54, 1.807) is 29.3 Å². The van der Waals surface area contributed by atoms with E-state index in [9.17, 15) is 4.79 Å². The molecule has 24 heavy (non-hydrogen) atoms. The predicted molar refractivity (Wildman–Crippen MR) is 88.9 cm³/mol. The Labute approximate surface area is 142 Å². The van der Waals surface area contributed by atoms with E-state index in [1.807, 2.05) is 12.3 Å². The summed E-state index contributed by atoms with van der Waals surface area (Å²) in [6, 6.07) is 3.48. The van der Waals surface area contributed by atoms with Crippen molar-refractivity contribution in [2.45, 2.75) is 19.9 Å². The maximum Gasteiger partial charge on any atom is 0.283 e. The molecule has 0 atom stereocenters. The summed E-state index contributed by atoms with van der Waals surface area (Å²) < 4.78 is 10.8. The number of amides is 1. The molecule has 3 heterocycles. The fourth-order valence-corrected chi connectivity index (χ4v) is 2.61. The molecule has 0 aliphatic carbocycles. The first kappa shape index (κ1) is 16.1. The zero-order valence-electron chi connectivity index (χ0n) is 13.1. The van der Waals surface area contributed by atoms with E-state index in [0.717, 1.165) is 11.4 Å². The molecule has 0 aliphatic heterocycles. The number of nitrogens with zero attached hydrogens (tertiary/aromatic N) is 4. The Morgan fingerprint density at radius 2 is 2.33 bits per heavy atom. The van der Waals surface area contributed by atoms with Gasteiger partial charge in [0.15, 0.2) is 5.76 Å². The topological polar surface area (TPSA) is 85.3 Å². The standard InChI is InChI=1S/C16H16N4O3S/c1-2-8-20(15(21)6-5-14-17-7-10-24-14)11-13-18-19-16(23-13)12-4-3-9-22-12/h3-7,9-10H,2,8,11H2,1H3/b6-5-. The van der Waals surface area contributed by atoms with Crippen LogP contribution >= 0.6 is 11.3 Å². The van der Waals surface area contributed by atoms with Crippen molar-refractivity contribution in [2.24, 2.45) is 0 Å². The van der Waals surface area contributed by atoms with Crippen LogP contribution in [-0.2, 0) is 11.3 Å². The molecule has 8 heteroatoms. The van der Waals surface area contributed by atoms with Crippen molar-refractivity contribution in [2.75, 3.05) is 6.54 Å². The molecule has 0 bridgehead atoms. The Kier molecular flexibility index (Phi) is 5.17. The van der Waals surface area contributed by atoms with Crippen molar-refractivity contribution in [3.63, 3.8) is 0 Å². The molecular formula is C16H16N4O3S. The van der Waals surface area contributed by atoms with E-state index >= 15 is 0 Å². The van der Waals surface area contributed by atoms with E-state index in [1.165, 1.54) is 23.7 Å². The van der Waals surface area contributed by atoms with Gasteiger partial charge in [-0.25, -0.2) is 4.98 Å². The third-order valence-electron chi connectivity index (χ3n) is 3.15. The quantitative estimate of drug-likeness (QED) is 0.612. The number of hydrogen-bond acceptors (Lipinski definition) is 7. The summed E-state index contributed by atoms with van der Waals surface area (Å²) in [4.78, 5) is 18.2. The van der Waals surface area contributed by atoms with Crippen LogP contribution in [0.1, 0.15) is 24.2 Å². The molecule has 0 N–H and O–H groups in total. The molecule has 1 amide bonds. The summed E-state index contributed by atoms with van der Waals surface area (Å²) in [5, 5.41) is 10.6. The third-order valence-corrected chi connectivity index (χ3v) is 3.89. The number of hydrogen-bond donors (Lipinski definition) is 0. The van der Waals surface area contributed by atoms with Crippen LogP contribution in [0.2, 0.25) is 0 Å². The van der Waals surface area contributed by atoms with Gasteiger partial charge in [0.25, 0.3) is 5.89 Å². The number of aromatic nitrogens is 3. The van der Waals surface area contributed by atoms with E-state index in [4.69, 9.17) is 8.83 Å². The first-order valence-electron chi connectivity index (χ1n) is 7.49. The Morgan fingerprint density at radius 3 is 3.04 bits per heavy atom. The highest BCUT2D eigenvalue weighted by molar-refractivity contribution is 7.10. The number of carbonyl (C=O) groups is 1. The zero-order valence-corrected chi connectivity index (χ0v) is 13.9. The molecule has 0 radical (unpaired) electrons. The predicted octanol–water partition coefficient (Wildman–Crippen LogP) is 3.24. The van der Waals surface area contributed by atoms with Crippen molar-refractivity contribution >= 4 is 23.3 Å². The van der Waals surface area contributed by atoms with Gasteiger partial charge in [0, 0.05) is 24.2 Å². The molecule has 0 aromatic carbocycles. The monoisotopic (exact) mass is 344 g/mol. The van der Waals surface area contributed by atoms with Gasteiger partial charge in [0.05, 0.1) is 12.8 Å². The molecule has 0 aliphatic rings. The molecule has 3 rings (SSSR count). The minimum atomic E-state index is -0.121. The molecule has 0 saturated carbocycles. The SMILES string of the molecule is CCCN(Cc1nnc(-c2ccco2)o1)C(=O)/C=C\c1nccs1. The molecule has 0 saturated heterocycles. The van der Waals surface area contributed by atoms with Crippen molar-refractivity contribution in [1.82, 2.24) is 20.1 Å². The van der Waals surface area contributed by atoms with E-state index in [-0.39, 0.29) is 12.5 Å². The molecule has 3 aromatic heterocycles. The maximum absolute atomic E-state index is 12.4. The summed E-state index contributed by atoms with van der Waals surface area (Å²) in [6.45, 7) is 2.86. The van der Waals surface area contributed by atoms with Gasteiger partial charge in [0.1, 0.15) is 5.01 Å². The van der Waals surface area contributed by atoms with E-state index in [0.29, 0.717) is 24.1 Å². The molecule has 124 valence electrons. The largest absolute Gasteiger partial charge is 0.459 e. The van der Waals surface area contributed by atoms with Gasteiger partial charge in [-0.15, -0.1) is 21.5 Å². The lowest BCUT2D eigenvalue weighted by Crippen LogP contribution is -2.29. The average Bonchev–Trinajstić information content (AvgIpc) is 3.33. The second kappa shape index (κ2) is 7.69. The number of thiazole rings is 1. The molecule has 0 unspecified atom stereocenters. The van der Waals surface area contributed by atoms with E-state index < -0.39 is 0 Å². The Hall–Kier alpha value is -2.74. The summed E-state index contributed by atoms with van der Waals surface area (Å²) in [7, 11) is 0. The highest BCUT2D eigenvalue weighted by Crippen LogP contribution is 2.18. The lowest BCUT2D eigenvalue weighted by Gasteiger charge is -2.18. The Bertz CT molecular complexity index is 793. The maximum atomic E-state index is 12.4. The van der Waals surface area contributed by atoms with Crippen LogP contribution in [0.4, 0.5) is 0 Å². The minimum Gasteiger partial charge on any atom is -0.459 e. The van der Waals surface area contributed by atoms with E-state index in [2.05, 4.69) is 15.2 Å². The van der Waals surface area contributed by atoms with Crippen LogP contribution in [0, 0.1) is 0 Å². The third kappa shape index (κ3) is 3.96. The highest BCUT2D eigenvalue weighted by atomic mass is 32.1. The summed E-state index contributed by atoms with van der Waals surface area (Å²) in [5.41, 5.74) is 0. The van der Waals surface area contributed by atoms with Crippen LogP contribution < -0.4 is 0 Å². The second-order valence-electron chi connectivity index (χ2n) is 4.94. The van der Waals surface area contributed by atoms with Gasteiger partial charge in [-0.2, -0.15) is 0 Å². The second-order valence-corrected chi connectivity index (χ2v) is 5.87. The average molecular weight is 344 g/mol. The molecular weight excluding hydrogens is 328 g/mol. The smallest absolute Gasteiger partial charge is 0.283 e. The summed E-state index contributed by atoms with van der Waals surface area (Å²) >= 11 is 1.48. The molecule has 7 nitrogen and oxygen atoms in total. The number of carbonyl (C=O) groups excluding carboxylic acids is 1. The van der Waals surface area contributed by atoms with Gasteiger partial charge in [-0.1, -0.05) is 6.92 Å². The molecule has 3 aromatic rings. The highest BCUT2D eigenvalue weighted by Gasteiger charge is 2.16. The Morgan fingerprint density at radius 1 is 1.42 bits per heavy atom. The van der Waals surface area contributed by atoms with Gasteiger partial charge in [-0.3, -0.25) is 4.79 Å². The molecule has 0 spiro atoms. The van der Waals surface area contributed by atoms with Crippen molar-refractivity contribution in [1.29, 1.82) is 0 Å². The summed E-state index contributed by atoms with van der Waals surface area (Å²) in [6.07, 6.45) is 7.29. The number of furan rings is 1. The fourth-order valence-electron chi connectivity index (χ4n) is 2.08. The minimum absolute atomic E-state index is 0.121. The normalized spacial score (nSPS) is 11.2. The van der Waals surface area contributed by atoms with Gasteiger partial charge in [-0.05, 0) is 24.6 Å². The number of rotatable bonds is 7. The van der Waals surface area contributed by atoms with Gasteiger partial charge >= 0.3 is 0 Å². The van der Waals surface area contributed by atoms with Gasteiger partial charge < -0.3 is 13.7 Å². The first-order chi connectivity index (χ1) is 11.8. The van der Waals surface area contributed by atoms with Crippen LogP contribution in [0.5, 0.6) is 0 Å². The van der Waals surface area contributed by atoms with Crippen LogP contribution in [0.3, 0.4) is 0 Å². The van der Waals surface area contributed by atoms with Crippen LogP contribution in [0.15, 0.2) is 44.9 Å². The molecule has 0 fully saturated rings. The lowest BCUT2D eigenvalue weighted by molar-refractivity contribution is -0.126. The zero-order chi connectivity index (χ0) is 16.8. The first-order valence-corrected chi connectivity index (χ1v) is 8.37. The summed E-state index contributed by atoms with van der Waals surface area (Å²) in [5.74, 6) is 1.05. The van der Waals surface area contributed by atoms with Crippen molar-refractivity contribution in [3.05, 3.63) is 46.9 Å². The van der Waals surface area contributed by atoms with Gasteiger partial charge in [0.2, 0.25) is 11.8 Å². The lowest BCUT2D eigenvalue weighted by atomic mass is 10.3.